The average molecular weight is 435 g/mol. The molecule has 0 saturated carbocycles. The summed E-state index contributed by atoms with van der Waals surface area (Å²) in [7, 11) is 0. The maximum atomic E-state index is 12.8. The minimum absolute atomic E-state index is 0.0753. The molecule has 4 rings (SSSR count). The van der Waals surface area contributed by atoms with Crippen molar-refractivity contribution in [1.29, 1.82) is 0 Å². The minimum Gasteiger partial charge on any atom is -0.491 e. The molecule has 9 heteroatoms. The summed E-state index contributed by atoms with van der Waals surface area (Å²) < 4.78 is 45.5. The second-order valence-corrected chi connectivity index (χ2v) is 7.84. The number of rotatable bonds is 6. The van der Waals surface area contributed by atoms with Gasteiger partial charge in [0.25, 0.3) is 0 Å². The van der Waals surface area contributed by atoms with Crippen LogP contribution in [-0.2, 0) is 6.18 Å². The molecule has 2 aromatic carbocycles. The Balaban J connectivity index is 1.29. The predicted molar refractivity (Wildman–Crippen MR) is 110 cm³/mol. The van der Waals surface area contributed by atoms with Crippen LogP contribution in [0, 0.1) is 0 Å². The van der Waals surface area contributed by atoms with Gasteiger partial charge in [0, 0.05) is 25.7 Å². The van der Waals surface area contributed by atoms with E-state index >= 15 is 0 Å². The molecule has 2 heterocycles. The number of nitrogens with zero attached hydrogens (tertiary/aromatic N) is 2. The van der Waals surface area contributed by atoms with Crippen molar-refractivity contribution >= 4 is 11.0 Å². The van der Waals surface area contributed by atoms with Gasteiger partial charge >= 0.3 is 11.9 Å². The first kappa shape index (κ1) is 21.5. The van der Waals surface area contributed by atoms with Gasteiger partial charge in [-0.15, -0.1) is 0 Å². The topological polar surface area (TPSA) is 70.5 Å². The normalized spacial score (nSPS) is 17.2. The molecule has 3 aromatic rings. The Kier molecular flexibility index (Phi) is 6.06. The van der Waals surface area contributed by atoms with Crippen LogP contribution in [0.15, 0.2) is 53.3 Å². The number of imidazole rings is 1. The quantitative estimate of drug-likeness (QED) is 0.623. The summed E-state index contributed by atoms with van der Waals surface area (Å²) in [6.07, 6.45) is -3.73. The molecule has 1 unspecified atom stereocenters. The van der Waals surface area contributed by atoms with Crippen molar-refractivity contribution in [3.05, 3.63) is 64.6 Å². The van der Waals surface area contributed by atoms with Gasteiger partial charge in [-0.3, -0.25) is 4.57 Å². The molecule has 0 bridgehead atoms. The predicted octanol–water partition coefficient (Wildman–Crippen LogP) is 3.43. The Bertz CT molecular complexity index is 1080. The van der Waals surface area contributed by atoms with Crippen LogP contribution in [0.5, 0.6) is 5.75 Å². The number of piperidine rings is 1. The molecule has 1 aliphatic rings. The largest absolute Gasteiger partial charge is 0.491 e. The van der Waals surface area contributed by atoms with Gasteiger partial charge < -0.3 is 19.7 Å². The Morgan fingerprint density at radius 2 is 1.87 bits per heavy atom. The van der Waals surface area contributed by atoms with Crippen molar-refractivity contribution in [2.24, 2.45) is 0 Å². The van der Waals surface area contributed by atoms with Crippen LogP contribution in [0.2, 0.25) is 0 Å². The highest BCUT2D eigenvalue weighted by Gasteiger charge is 2.30. The van der Waals surface area contributed by atoms with Gasteiger partial charge in [-0.05, 0) is 43.2 Å². The van der Waals surface area contributed by atoms with E-state index in [2.05, 4.69) is 9.88 Å². The maximum absolute atomic E-state index is 12.8. The smallest absolute Gasteiger partial charge is 0.416 e. The second-order valence-electron chi connectivity index (χ2n) is 7.84. The Morgan fingerprint density at radius 3 is 2.61 bits per heavy atom. The molecule has 0 radical (unpaired) electrons. The van der Waals surface area contributed by atoms with Crippen molar-refractivity contribution in [3.8, 4) is 5.75 Å². The molecule has 2 N–H and O–H groups in total. The highest BCUT2D eigenvalue weighted by atomic mass is 19.4. The van der Waals surface area contributed by atoms with Crippen LogP contribution >= 0.6 is 0 Å². The molecule has 1 atom stereocenters. The van der Waals surface area contributed by atoms with Crippen LogP contribution < -0.4 is 10.4 Å². The monoisotopic (exact) mass is 435 g/mol. The molecule has 0 amide bonds. The minimum atomic E-state index is -4.44. The fourth-order valence-electron chi connectivity index (χ4n) is 4.10. The molecule has 0 spiro atoms. The van der Waals surface area contributed by atoms with Crippen molar-refractivity contribution in [3.63, 3.8) is 0 Å². The Labute approximate surface area is 176 Å². The van der Waals surface area contributed by atoms with Crippen molar-refractivity contribution < 1.29 is 23.0 Å². The number of likely N-dealkylation sites (tertiary alicyclic amines) is 1. The van der Waals surface area contributed by atoms with E-state index in [0.29, 0.717) is 19.6 Å². The fraction of sp³-hybridized carbons (Fsp3) is 0.409. The number of ether oxygens (including phenoxy) is 1. The average Bonchev–Trinajstić information content (AvgIpc) is 3.08. The van der Waals surface area contributed by atoms with Crippen LogP contribution in [0.1, 0.15) is 24.4 Å². The van der Waals surface area contributed by atoms with E-state index in [4.69, 9.17) is 4.74 Å². The maximum Gasteiger partial charge on any atom is 0.416 e. The third-order valence-electron chi connectivity index (χ3n) is 5.62. The number of β-amino-alcohol motifs (C(OH)–C–C–N with tert-alkyl or cyclic N) is 1. The third kappa shape index (κ3) is 4.94. The third-order valence-corrected chi connectivity index (χ3v) is 5.62. The number of aliphatic hydroxyl groups excluding tert-OH is 1. The Morgan fingerprint density at radius 1 is 1.13 bits per heavy atom. The fourth-order valence-corrected chi connectivity index (χ4v) is 4.10. The van der Waals surface area contributed by atoms with Gasteiger partial charge in [0.05, 0.1) is 16.6 Å². The summed E-state index contributed by atoms with van der Waals surface area (Å²) in [5.41, 5.74) is 0.806. The number of aromatic amines is 1. The van der Waals surface area contributed by atoms with Crippen molar-refractivity contribution in [1.82, 2.24) is 14.5 Å². The Hall–Kier alpha value is -2.78. The molecule has 166 valence electrons. The van der Waals surface area contributed by atoms with Crippen LogP contribution in [0.25, 0.3) is 11.0 Å². The van der Waals surface area contributed by atoms with Gasteiger partial charge in [-0.25, -0.2) is 4.79 Å². The number of H-pyrrole nitrogens is 1. The summed E-state index contributed by atoms with van der Waals surface area (Å²) in [5.74, 6) is 0.0753. The van der Waals surface area contributed by atoms with E-state index in [1.54, 1.807) is 4.57 Å². The zero-order valence-electron chi connectivity index (χ0n) is 16.8. The van der Waals surface area contributed by atoms with E-state index in [-0.39, 0.29) is 24.1 Å². The number of aliphatic hydroxyl groups is 1. The summed E-state index contributed by atoms with van der Waals surface area (Å²) in [5, 5.41) is 10.3. The molecule has 1 saturated heterocycles. The lowest BCUT2D eigenvalue weighted by atomic mass is 10.0. The standard InChI is InChI=1S/C22H24F3N3O3/c23-22(24,25)15-4-3-5-18(12-15)31-14-17(29)13-27-10-8-16(9-11-27)28-20-7-2-1-6-19(20)26-21(28)30/h1-7,12,16-17,29H,8-11,13-14H2,(H,26,30). The van der Waals surface area contributed by atoms with Crippen LogP contribution in [0.4, 0.5) is 13.2 Å². The highest BCUT2D eigenvalue weighted by molar-refractivity contribution is 5.75. The number of nitrogens with one attached hydrogen (secondary N) is 1. The summed E-state index contributed by atoms with van der Waals surface area (Å²) in [6.45, 7) is 1.67. The first-order chi connectivity index (χ1) is 14.8. The molecule has 1 aliphatic heterocycles. The van der Waals surface area contributed by atoms with Crippen LogP contribution in [0.3, 0.4) is 0 Å². The lowest BCUT2D eigenvalue weighted by Gasteiger charge is -2.33. The molecule has 31 heavy (non-hydrogen) atoms. The van der Waals surface area contributed by atoms with E-state index in [0.717, 1.165) is 36.0 Å². The second kappa shape index (κ2) is 8.76. The van der Waals surface area contributed by atoms with E-state index in [9.17, 15) is 23.1 Å². The van der Waals surface area contributed by atoms with E-state index in [1.165, 1.54) is 12.1 Å². The lowest BCUT2D eigenvalue weighted by molar-refractivity contribution is -0.137. The van der Waals surface area contributed by atoms with Crippen molar-refractivity contribution in [2.75, 3.05) is 26.2 Å². The SMILES string of the molecule is O=c1[nH]c2ccccc2n1C1CCN(CC(O)COc2cccc(C(F)(F)F)c2)CC1. The summed E-state index contributed by atoms with van der Waals surface area (Å²) in [4.78, 5) is 17.3. The van der Waals surface area contributed by atoms with Gasteiger partial charge in [0.15, 0.2) is 0 Å². The lowest BCUT2D eigenvalue weighted by Crippen LogP contribution is -2.42. The molecule has 0 aliphatic carbocycles. The van der Waals surface area contributed by atoms with Gasteiger partial charge in [-0.2, -0.15) is 13.2 Å². The van der Waals surface area contributed by atoms with E-state index in [1.807, 2.05) is 24.3 Å². The zero-order valence-corrected chi connectivity index (χ0v) is 16.8. The number of alkyl halides is 3. The zero-order chi connectivity index (χ0) is 22.0. The number of benzene rings is 2. The number of fused-ring (bicyclic) bond motifs is 1. The molecular weight excluding hydrogens is 411 g/mol. The summed E-state index contributed by atoms with van der Waals surface area (Å²) in [6, 6.07) is 12.3. The van der Waals surface area contributed by atoms with E-state index < -0.39 is 17.8 Å². The first-order valence-electron chi connectivity index (χ1n) is 10.2. The molecule has 6 nitrogen and oxygen atoms in total. The highest BCUT2D eigenvalue weighted by Crippen LogP contribution is 2.31. The van der Waals surface area contributed by atoms with Gasteiger partial charge in [-0.1, -0.05) is 18.2 Å². The first-order valence-corrected chi connectivity index (χ1v) is 10.2. The van der Waals surface area contributed by atoms with Crippen LogP contribution in [-0.4, -0.2) is 51.9 Å². The summed E-state index contributed by atoms with van der Waals surface area (Å²) >= 11 is 0. The number of hydrogen-bond donors (Lipinski definition) is 2. The number of para-hydroxylation sites is 2. The molecule has 1 fully saturated rings. The molecule has 1 aromatic heterocycles. The molecular formula is C22H24F3N3O3. The van der Waals surface area contributed by atoms with Gasteiger partial charge in [0.2, 0.25) is 0 Å². The number of aromatic nitrogens is 2. The van der Waals surface area contributed by atoms with Crippen molar-refractivity contribution in [2.45, 2.75) is 31.2 Å². The number of hydrogen-bond acceptors (Lipinski definition) is 4. The van der Waals surface area contributed by atoms with Gasteiger partial charge in [0.1, 0.15) is 18.5 Å². The number of halogens is 3.